The highest BCUT2D eigenvalue weighted by Gasteiger charge is 2.50. The van der Waals surface area contributed by atoms with Gasteiger partial charge >= 0.3 is 0 Å². The van der Waals surface area contributed by atoms with E-state index >= 15 is 0 Å². The summed E-state index contributed by atoms with van der Waals surface area (Å²) in [5.74, 6) is -0.305. The Balaban J connectivity index is 1.75. The highest BCUT2D eigenvalue weighted by molar-refractivity contribution is 14.1. The van der Waals surface area contributed by atoms with Gasteiger partial charge in [0.05, 0.1) is 11.2 Å². The summed E-state index contributed by atoms with van der Waals surface area (Å²) in [6.45, 7) is 2.90. The van der Waals surface area contributed by atoms with Crippen LogP contribution in [-0.4, -0.2) is 46.8 Å². The zero-order chi connectivity index (χ0) is 17.3. The minimum atomic E-state index is -0.324. The number of hydrogen-bond acceptors (Lipinski definition) is 4. The number of hydrogen-bond donors (Lipinski definition) is 1. The number of piperidine rings is 3. The highest BCUT2D eigenvalue weighted by Crippen LogP contribution is 2.43. The van der Waals surface area contributed by atoms with Crippen LogP contribution < -0.4 is 5.73 Å². The quantitative estimate of drug-likeness (QED) is 0.415. The molecule has 4 aliphatic heterocycles. The highest BCUT2D eigenvalue weighted by atomic mass is 127. The number of rotatable bonds is 1. The van der Waals surface area contributed by atoms with E-state index in [-0.39, 0.29) is 17.4 Å². The summed E-state index contributed by atoms with van der Waals surface area (Å²) in [7, 11) is 0. The van der Waals surface area contributed by atoms with E-state index in [0.717, 1.165) is 53.2 Å². The first-order valence-electron chi connectivity index (χ1n) is 8.64. The van der Waals surface area contributed by atoms with Crippen LogP contribution in [0.4, 0.5) is 5.69 Å². The summed E-state index contributed by atoms with van der Waals surface area (Å²) in [6.07, 6.45) is 2.63. The summed E-state index contributed by atoms with van der Waals surface area (Å²) in [6, 6.07) is 7.43. The molecule has 2 amide bonds. The first-order valence-corrected chi connectivity index (χ1v) is 9.72. The standard InChI is InChI=1S/C19H18IN3O2/c20-14-10-13-15-11(16(14)21)2-1-3-12(15)17(24)23(18(13)25)19-4-7-22(8-5-19)9-6-19/h1-3,10H,4-9,21H2. The number of nitrogens with zero attached hydrogens (tertiary/aromatic N) is 2. The summed E-state index contributed by atoms with van der Waals surface area (Å²) in [5, 5.41) is 1.52. The molecule has 0 aliphatic carbocycles. The normalized spacial score (nSPS) is 28.0. The zero-order valence-electron chi connectivity index (χ0n) is 13.7. The molecule has 0 saturated carbocycles. The van der Waals surface area contributed by atoms with Crippen molar-refractivity contribution >= 4 is 50.9 Å². The van der Waals surface area contributed by atoms with Gasteiger partial charge in [-0.25, -0.2) is 0 Å². The number of benzene rings is 2. The molecule has 0 unspecified atom stereocenters. The fourth-order valence-electron chi connectivity index (χ4n) is 4.73. The van der Waals surface area contributed by atoms with Crippen LogP contribution in [0.2, 0.25) is 0 Å². The molecular formula is C19H18IN3O2. The number of anilines is 1. The van der Waals surface area contributed by atoms with Gasteiger partial charge in [0.25, 0.3) is 11.8 Å². The second kappa shape index (κ2) is 5.17. The van der Waals surface area contributed by atoms with Crippen molar-refractivity contribution in [3.8, 4) is 0 Å². The predicted octanol–water partition coefficient (Wildman–Crippen LogP) is 2.86. The zero-order valence-corrected chi connectivity index (χ0v) is 15.9. The SMILES string of the molecule is Nc1c(I)cc2c3c(cccc13)C(=O)N(C13CCN(CC1)CC3)C2=O. The summed E-state index contributed by atoms with van der Waals surface area (Å²) >= 11 is 2.17. The van der Waals surface area contributed by atoms with E-state index in [4.69, 9.17) is 5.73 Å². The molecule has 0 spiro atoms. The van der Waals surface area contributed by atoms with E-state index < -0.39 is 0 Å². The topological polar surface area (TPSA) is 66.6 Å². The van der Waals surface area contributed by atoms with Crippen LogP contribution >= 0.6 is 22.6 Å². The second-order valence-electron chi connectivity index (χ2n) is 7.31. The Bertz CT molecular complexity index is 934. The van der Waals surface area contributed by atoms with Gasteiger partial charge in [-0.2, -0.15) is 0 Å². The molecule has 3 fully saturated rings. The molecule has 6 rings (SSSR count). The number of carbonyl (C=O) groups is 2. The summed E-state index contributed by atoms with van der Waals surface area (Å²) < 4.78 is 0.857. The Hall–Kier alpha value is -1.67. The van der Waals surface area contributed by atoms with Gasteiger partial charge in [0.1, 0.15) is 0 Å². The Kier molecular flexibility index (Phi) is 3.22. The molecule has 3 saturated heterocycles. The van der Waals surface area contributed by atoms with Gasteiger partial charge in [0.2, 0.25) is 0 Å². The fourth-order valence-corrected chi connectivity index (χ4v) is 5.33. The third kappa shape index (κ3) is 1.98. The predicted molar refractivity (Wildman–Crippen MR) is 105 cm³/mol. The average Bonchev–Trinajstić information content (AvgIpc) is 2.64. The smallest absolute Gasteiger partial charge is 0.261 e. The summed E-state index contributed by atoms with van der Waals surface area (Å²) in [5.41, 5.74) is 7.75. The first-order chi connectivity index (χ1) is 12.0. The van der Waals surface area contributed by atoms with Gasteiger partial charge in [-0.15, -0.1) is 0 Å². The van der Waals surface area contributed by atoms with E-state index in [2.05, 4.69) is 27.5 Å². The van der Waals surface area contributed by atoms with E-state index in [1.54, 1.807) is 4.90 Å². The average molecular weight is 447 g/mol. The lowest BCUT2D eigenvalue weighted by atomic mass is 9.76. The van der Waals surface area contributed by atoms with E-state index in [1.807, 2.05) is 24.3 Å². The van der Waals surface area contributed by atoms with Crippen molar-refractivity contribution in [1.82, 2.24) is 9.80 Å². The molecule has 6 heteroatoms. The minimum absolute atomic E-state index is 0.151. The number of nitrogen functional groups attached to an aromatic ring is 1. The van der Waals surface area contributed by atoms with Crippen molar-refractivity contribution in [3.63, 3.8) is 0 Å². The lowest BCUT2D eigenvalue weighted by Crippen LogP contribution is -2.64. The van der Waals surface area contributed by atoms with Crippen LogP contribution in [0.1, 0.15) is 40.0 Å². The number of imide groups is 1. The van der Waals surface area contributed by atoms with Crippen molar-refractivity contribution in [2.45, 2.75) is 24.8 Å². The first kappa shape index (κ1) is 15.6. The van der Waals surface area contributed by atoms with Crippen LogP contribution in [0.5, 0.6) is 0 Å². The molecule has 5 nitrogen and oxygen atoms in total. The van der Waals surface area contributed by atoms with E-state index in [1.165, 1.54) is 0 Å². The molecule has 0 aromatic heterocycles. The molecule has 4 heterocycles. The van der Waals surface area contributed by atoms with Crippen molar-refractivity contribution < 1.29 is 9.59 Å². The van der Waals surface area contributed by atoms with Crippen molar-refractivity contribution in [3.05, 3.63) is 39.0 Å². The van der Waals surface area contributed by atoms with Gasteiger partial charge in [-0.05, 0) is 54.0 Å². The molecule has 4 aliphatic rings. The van der Waals surface area contributed by atoms with Crippen molar-refractivity contribution in [1.29, 1.82) is 0 Å². The lowest BCUT2D eigenvalue weighted by molar-refractivity contribution is -0.0136. The van der Waals surface area contributed by atoms with E-state index in [0.29, 0.717) is 16.8 Å². The maximum atomic E-state index is 13.4. The molecule has 0 radical (unpaired) electrons. The molecule has 25 heavy (non-hydrogen) atoms. The third-order valence-electron chi connectivity index (χ3n) is 6.17. The second-order valence-corrected chi connectivity index (χ2v) is 8.47. The maximum Gasteiger partial charge on any atom is 0.261 e. The minimum Gasteiger partial charge on any atom is -0.397 e. The van der Waals surface area contributed by atoms with Gasteiger partial charge in [0, 0.05) is 45.1 Å². The lowest BCUT2D eigenvalue weighted by Gasteiger charge is -2.53. The van der Waals surface area contributed by atoms with Gasteiger partial charge in [0.15, 0.2) is 0 Å². The van der Waals surface area contributed by atoms with Crippen LogP contribution in [0.3, 0.4) is 0 Å². The van der Waals surface area contributed by atoms with Crippen molar-refractivity contribution in [2.24, 2.45) is 0 Å². The Morgan fingerprint density at radius 2 is 1.64 bits per heavy atom. The maximum absolute atomic E-state index is 13.4. The Labute approximate surface area is 159 Å². The molecule has 2 aromatic carbocycles. The third-order valence-corrected chi connectivity index (χ3v) is 7.07. The molecule has 128 valence electrons. The largest absolute Gasteiger partial charge is 0.397 e. The number of nitrogens with two attached hydrogens (primary N) is 1. The number of halogens is 1. The fraction of sp³-hybridized carbons (Fsp3) is 0.368. The molecular weight excluding hydrogens is 429 g/mol. The molecule has 2 bridgehead atoms. The summed E-state index contributed by atoms with van der Waals surface area (Å²) in [4.78, 5) is 30.8. The van der Waals surface area contributed by atoms with Crippen LogP contribution in [0.15, 0.2) is 24.3 Å². The monoisotopic (exact) mass is 447 g/mol. The Morgan fingerprint density at radius 3 is 2.32 bits per heavy atom. The number of fused-ring (bicyclic) bond motifs is 3. The van der Waals surface area contributed by atoms with Crippen molar-refractivity contribution in [2.75, 3.05) is 25.4 Å². The number of carbonyl (C=O) groups excluding carboxylic acids is 2. The van der Waals surface area contributed by atoms with Crippen LogP contribution in [0, 0.1) is 3.57 Å². The molecule has 0 atom stereocenters. The molecule has 2 aromatic rings. The van der Waals surface area contributed by atoms with Gasteiger partial charge in [-0.1, -0.05) is 12.1 Å². The molecule has 2 N–H and O–H groups in total. The number of amides is 2. The van der Waals surface area contributed by atoms with Crippen LogP contribution in [-0.2, 0) is 0 Å². The van der Waals surface area contributed by atoms with Crippen LogP contribution in [0.25, 0.3) is 10.8 Å². The van der Waals surface area contributed by atoms with Gasteiger partial charge in [-0.3, -0.25) is 14.5 Å². The van der Waals surface area contributed by atoms with Gasteiger partial charge < -0.3 is 10.6 Å². The van der Waals surface area contributed by atoms with E-state index in [9.17, 15) is 9.59 Å². The Morgan fingerprint density at radius 1 is 1.00 bits per heavy atom.